The Bertz CT molecular complexity index is 598. The molecule has 6 heteroatoms. The fourth-order valence-corrected chi connectivity index (χ4v) is 2.74. The van der Waals surface area contributed by atoms with E-state index in [9.17, 15) is 0 Å². The standard InChI is InChI=1S/C17H24N4OS/c1-3-16-21-15(13-23-16)11-20-17(18-2)19-9-10-22-12-14-7-5-4-6-8-14/h4-8,13H,3,9-12H2,1-2H3,(H2,18,19,20). The van der Waals surface area contributed by atoms with Gasteiger partial charge in [-0.15, -0.1) is 11.3 Å². The SMILES string of the molecule is CCc1nc(CNC(=NC)NCCOCc2ccccc2)cs1. The number of nitrogens with zero attached hydrogens (tertiary/aromatic N) is 2. The highest BCUT2D eigenvalue weighted by Crippen LogP contribution is 2.09. The van der Waals surface area contributed by atoms with Crippen molar-refractivity contribution in [3.63, 3.8) is 0 Å². The molecule has 2 rings (SSSR count). The van der Waals surface area contributed by atoms with Gasteiger partial charge in [-0.05, 0) is 12.0 Å². The highest BCUT2D eigenvalue weighted by molar-refractivity contribution is 7.09. The van der Waals surface area contributed by atoms with Crippen molar-refractivity contribution in [2.45, 2.75) is 26.5 Å². The minimum absolute atomic E-state index is 0.631. The molecule has 0 aliphatic heterocycles. The summed E-state index contributed by atoms with van der Waals surface area (Å²) in [5, 5.41) is 9.75. The molecule has 0 aliphatic carbocycles. The van der Waals surface area contributed by atoms with E-state index in [1.54, 1.807) is 18.4 Å². The van der Waals surface area contributed by atoms with Crippen molar-refractivity contribution in [3.05, 3.63) is 52.0 Å². The third kappa shape index (κ3) is 6.38. The molecule has 23 heavy (non-hydrogen) atoms. The zero-order valence-electron chi connectivity index (χ0n) is 13.7. The molecule has 0 atom stereocenters. The average molecular weight is 332 g/mol. The van der Waals surface area contributed by atoms with E-state index in [1.165, 1.54) is 10.6 Å². The van der Waals surface area contributed by atoms with Crippen molar-refractivity contribution in [2.75, 3.05) is 20.2 Å². The summed E-state index contributed by atoms with van der Waals surface area (Å²) in [5.41, 5.74) is 2.24. The van der Waals surface area contributed by atoms with Crippen molar-refractivity contribution in [1.82, 2.24) is 15.6 Å². The van der Waals surface area contributed by atoms with Gasteiger partial charge in [0.1, 0.15) is 0 Å². The quantitative estimate of drug-likeness (QED) is 0.443. The van der Waals surface area contributed by atoms with Gasteiger partial charge in [0.05, 0.1) is 30.5 Å². The van der Waals surface area contributed by atoms with Crippen molar-refractivity contribution >= 4 is 17.3 Å². The van der Waals surface area contributed by atoms with Crippen molar-refractivity contribution in [2.24, 2.45) is 4.99 Å². The number of nitrogens with one attached hydrogen (secondary N) is 2. The minimum Gasteiger partial charge on any atom is -0.375 e. The van der Waals surface area contributed by atoms with Crippen LogP contribution in [-0.4, -0.2) is 31.1 Å². The molecule has 0 aliphatic rings. The number of ether oxygens (including phenoxy) is 1. The Balaban J connectivity index is 1.61. The summed E-state index contributed by atoms with van der Waals surface area (Å²) in [7, 11) is 1.76. The molecule has 2 aromatic rings. The maximum Gasteiger partial charge on any atom is 0.191 e. The molecule has 0 fully saturated rings. The lowest BCUT2D eigenvalue weighted by atomic mass is 10.2. The van der Waals surface area contributed by atoms with Gasteiger partial charge >= 0.3 is 0 Å². The average Bonchev–Trinajstić information content (AvgIpc) is 3.06. The van der Waals surface area contributed by atoms with Crippen LogP contribution in [0.5, 0.6) is 0 Å². The molecule has 124 valence electrons. The van der Waals surface area contributed by atoms with Gasteiger partial charge in [-0.1, -0.05) is 37.3 Å². The van der Waals surface area contributed by atoms with Crippen LogP contribution in [0, 0.1) is 0 Å². The fourth-order valence-electron chi connectivity index (χ4n) is 1.99. The number of aryl methyl sites for hydroxylation is 1. The van der Waals surface area contributed by atoms with Gasteiger partial charge in [0.25, 0.3) is 0 Å². The normalized spacial score (nSPS) is 11.5. The summed E-state index contributed by atoms with van der Waals surface area (Å²) in [5.74, 6) is 0.763. The number of benzene rings is 1. The number of hydrogen-bond acceptors (Lipinski definition) is 4. The Morgan fingerprint density at radius 3 is 2.78 bits per heavy atom. The molecule has 2 N–H and O–H groups in total. The lowest BCUT2D eigenvalue weighted by molar-refractivity contribution is 0.125. The lowest BCUT2D eigenvalue weighted by Gasteiger charge is -2.11. The predicted molar refractivity (Wildman–Crippen MR) is 95.8 cm³/mol. The molecule has 0 saturated heterocycles. The molecule has 0 radical (unpaired) electrons. The monoisotopic (exact) mass is 332 g/mol. The summed E-state index contributed by atoms with van der Waals surface area (Å²) in [6.45, 7) is 4.77. The highest BCUT2D eigenvalue weighted by Gasteiger charge is 2.02. The van der Waals surface area contributed by atoms with Gasteiger partial charge < -0.3 is 15.4 Å². The van der Waals surface area contributed by atoms with E-state index in [0.717, 1.165) is 18.1 Å². The third-order valence-corrected chi connectivity index (χ3v) is 4.25. The van der Waals surface area contributed by atoms with Crippen molar-refractivity contribution in [3.8, 4) is 0 Å². The summed E-state index contributed by atoms with van der Waals surface area (Å²) < 4.78 is 5.64. The maximum absolute atomic E-state index is 5.64. The predicted octanol–water partition coefficient (Wildman–Crippen LogP) is 2.59. The fraction of sp³-hybridized carbons (Fsp3) is 0.412. The number of thiazole rings is 1. The van der Waals surface area contributed by atoms with Crippen LogP contribution < -0.4 is 10.6 Å². The van der Waals surface area contributed by atoms with Crippen LogP contribution in [0.4, 0.5) is 0 Å². The van der Waals surface area contributed by atoms with Gasteiger partial charge in [-0.2, -0.15) is 0 Å². The van der Waals surface area contributed by atoms with Gasteiger partial charge in [-0.25, -0.2) is 4.98 Å². The van der Waals surface area contributed by atoms with E-state index in [2.05, 4.69) is 45.0 Å². The van der Waals surface area contributed by atoms with Gasteiger partial charge in [-0.3, -0.25) is 4.99 Å². The molecular weight excluding hydrogens is 308 g/mol. The lowest BCUT2D eigenvalue weighted by Crippen LogP contribution is -2.38. The van der Waals surface area contributed by atoms with Crippen LogP contribution >= 0.6 is 11.3 Å². The summed E-state index contributed by atoms with van der Waals surface area (Å²) in [6.07, 6.45) is 0.983. The first-order valence-corrected chi connectivity index (χ1v) is 8.69. The van der Waals surface area contributed by atoms with Gasteiger partial charge in [0.15, 0.2) is 5.96 Å². The smallest absolute Gasteiger partial charge is 0.191 e. The van der Waals surface area contributed by atoms with Crippen LogP contribution in [0.25, 0.3) is 0 Å². The number of guanidine groups is 1. The first kappa shape index (κ1) is 17.4. The second kappa shape index (κ2) is 9.97. The Morgan fingerprint density at radius 1 is 1.26 bits per heavy atom. The van der Waals surface area contributed by atoms with Crippen LogP contribution in [0.1, 0.15) is 23.2 Å². The number of aromatic nitrogens is 1. The molecule has 0 saturated carbocycles. The molecular formula is C17H24N4OS. The molecule has 5 nitrogen and oxygen atoms in total. The van der Waals surface area contributed by atoms with E-state index in [0.29, 0.717) is 26.3 Å². The second-order valence-corrected chi connectivity index (χ2v) is 5.92. The van der Waals surface area contributed by atoms with Gasteiger partial charge in [0, 0.05) is 19.0 Å². The van der Waals surface area contributed by atoms with E-state index >= 15 is 0 Å². The second-order valence-electron chi connectivity index (χ2n) is 4.98. The Morgan fingerprint density at radius 2 is 2.09 bits per heavy atom. The Labute approximate surface area is 141 Å². The largest absolute Gasteiger partial charge is 0.375 e. The number of hydrogen-bond donors (Lipinski definition) is 2. The van der Waals surface area contributed by atoms with Gasteiger partial charge in [0.2, 0.25) is 0 Å². The first-order valence-electron chi connectivity index (χ1n) is 7.81. The Kier molecular flexibility index (Phi) is 7.56. The molecule has 1 aromatic carbocycles. The maximum atomic E-state index is 5.64. The van der Waals surface area contributed by atoms with E-state index in [4.69, 9.17) is 4.74 Å². The number of rotatable bonds is 8. The van der Waals surface area contributed by atoms with Crippen LogP contribution in [0.3, 0.4) is 0 Å². The van der Waals surface area contributed by atoms with Crippen molar-refractivity contribution < 1.29 is 4.74 Å². The molecule has 0 unspecified atom stereocenters. The minimum atomic E-state index is 0.631. The van der Waals surface area contributed by atoms with E-state index in [1.807, 2.05) is 18.2 Å². The molecule has 0 amide bonds. The summed E-state index contributed by atoms with van der Waals surface area (Å²) in [4.78, 5) is 8.73. The number of aliphatic imine (C=N–C) groups is 1. The van der Waals surface area contributed by atoms with E-state index in [-0.39, 0.29) is 0 Å². The third-order valence-electron chi connectivity index (χ3n) is 3.21. The summed E-state index contributed by atoms with van der Waals surface area (Å²) in [6, 6.07) is 10.2. The molecule has 0 bridgehead atoms. The zero-order valence-corrected chi connectivity index (χ0v) is 14.5. The first-order chi connectivity index (χ1) is 11.3. The van der Waals surface area contributed by atoms with Crippen molar-refractivity contribution in [1.29, 1.82) is 0 Å². The zero-order chi connectivity index (χ0) is 16.3. The van der Waals surface area contributed by atoms with E-state index < -0.39 is 0 Å². The van der Waals surface area contributed by atoms with Crippen LogP contribution in [0.15, 0.2) is 40.7 Å². The topological polar surface area (TPSA) is 58.5 Å². The molecule has 1 aromatic heterocycles. The highest BCUT2D eigenvalue weighted by atomic mass is 32.1. The molecule has 0 spiro atoms. The van der Waals surface area contributed by atoms with Crippen LogP contribution in [0.2, 0.25) is 0 Å². The Hall–Kier alpha value is -1.92. The van der Waals surface area contributed by atoms with Crippen LogP contribution in [-0.2, 0) is 24.3 Å². The summed E-state index contributed by atoms with van der Waals surface area (Å²) >= 11 is 1.70. The molecule has 1 heterocycles.